The Balaban J connectivity index is 2.26. The lowest BCUT2D eigenvalue weighted by atomic mass is 10.2. The predicted molar refractivity (Wildman–Crippen MR) is 59.3 cm³/mol. The molecule has 0 saturated heterocycles. The van der Waals surface area contributed by atoms with Crippen LogP contribution in [0.4, 0.5) is 0 Å². The average Bonchev–Trinajstić information content (AvgIpc) is 2.61. The molecule has 2 aromatic rings. The van der Waals surface area contributed by atoms with Gasteiger partial charge in [-0.2, -0.15) is 0 Å². The highest BCUT2D eigenvalue weighted by Crippen LogP contribution is 2.23. The first-order valence-corrected chi connectivity index (χ1v) is 5.58. The molecule has 0 amide bonds. The zero-order chi connectivity index (χ0) is 9.10. The molecule has 0 saturated carbocycles. The number of fused-ring (bicyclic) bond motifs is 1. The van der Waals surface area contributed by atoms with Gasteiger partial charge in [0.15, 0.2) is 0 Å². The molecule has 0 aliphatic heterocycles. The van der Waals surface area contributed by atoms with Gasteiger partial charge in [-0.25, -0.2) is 0 Å². The van der Waals surface area contributed by atoms with Crippen LogP contribution in [-0.4, -0.2) is 10.7 Å². The zero-order valence-electron chi connectivity index (χ0n) is 7.71. The van der Waals surface area contributed by atoms with Crippen LogP contribution in [0.25, 0.3) is 10.9 Å². The maximum absolute atomic E-state index is 3.19. The molecule has 0 unspecified atom stereocenters. The van der Waals surface area contributed by atoms with Crippen molar-refractivity contribution < 1.29 is 0 Å². The minimum absolute atomic E-state index is 1.20. The van der Waals surface area contributed by atoms with Crippen LogP contribution in [0.5, 0.6) is 0 Å². The summed E-state index contributed by atoms with van der Waals surface area (Å²) in [4.78, 5) is 4.56. The quantitative estimate of drug-likeness (QED) is 0.732. The molecule has 1 nitrogen and oxygen atoms in total. The lowest BCUT2D eigenvalue weighted by Crippen LogP contribution is -1.75. The SMILES string of the molecule is CCCSc1ccc2[nH]ccc2c1. The second-order valence-corrected chi connectivity index (χ2v) is 4.24. The van der Waals surface area contributed by atoms with Crippen molar-refractivity contribution in [1.29, 1.82) is 0 Å². The molecule has 1 heterocycles. The number of nitrogens with one attached hydrogen (secondary N) is 1. The summed E-state index contributed by atoms with van der Waals surface area (Å²) in [6, 6.07) is 8.68. The van der Waals surface area contributed by atoms with Crippen molar-refractivity contribution in [2.24, 2.45) is 0 Å². The Hall–Kier alpha value is -0.890. The lowest BCUT2D eigenvalue weighted by Gasteiger charge is -1.99. The van der Waals surface area contributed by atoms with E-state index in [9.17, 15) is 0 Å². The number of aromatic amines is 1. The van der Waals surface area contributed by atoms with Gasteiger partial charge in [-0.15, -0.1) is 11.8 Å². The first-order chi connectivity index (χ1) is 6.40. The Bertz CT molecular complexity index is 392. The van der Waals surface area contributed by atoms with E-state index in [0.29, 0.717) is 0 Å². The van der Waals surface area contributed by atoms with Crippen molar-refractivity contribution in [2.45, 2.75) is 18.2 Å². The van der Waals surface area contributed by atoms with Gasteiger partial charge < -0.3 is 4.98 Å². The number of thioether (sulfide) groups is 1. The maximum atomic E-state index is 3.19. The molecular weight excluding hydrogens is 178 g/mol. The third kappa shape index (κ3) is 1.89. The van der Waals surface area contributed by atoms with E-state index in [0.717, 1.165) is 0 Å². The third-order valence-electron chi connectivity index (χ3n) is 2.00. The normalized spacial score (nSPS) is 10.8. The van der Waals surface area contributed by atoms with E-state index in [4.69, 9.17) is 0 Å². The Morgan fingerprint density at radius 2 is 2.23 bits per heavy atom. The zero-order valence-corrected chi connectivity index (χ0v) is 8.53. The van der Waals surface area contributed by atoms with E-state index in [1.165, 1.54) is 28.0 Å². The molecule has 0 fully saturated rings. The second kappa shape index (κ2) is 3.88. The summed E-state index contributed by atoms with van der Waals surface area (Å²) in [7, 11) is 0. The van der Waals surface area contributed by atoms with Gasteiger partial charge in [0.1, 0.15) is 0 Å². The summed E-state index contributed by atoms with van der Waals surface area (Å²) in [5.74, 6) is 1.20. The van der Waals surface area contributed by atoms with Crippen LogP contribution in [0.1, 0.15) is 13.3 Å². The van der Waals surface area contributed by atoms with E-state index in [1.807, 2.05) is 18.0 Å². The molecule has 1 N–H and O–H groups in total. The summed E-state index contributed by atoms with van der Waals surface area (Å²) in [6.45, 7) is 2.21. The summed E-state index contributed by atoms with van der Waals surface area (Å²) < 4.78 is 0. The number of benzene rings is 1. The second-order valence-electron chi connectivity index (χ2n) is 3.08. The molecular formula is C11H13NS. The van der Waals surface area contributed by atoms with Crippen molar-refractivity contribution in [3.05, 3.63) is 30.5 Å². The fourth-order valence-corrected chi connectivity index (χ4v) is 2.16. The first-order valence-electron chi connectivity index (χ1n) is 4.60. The number of rotatable bonds is 3. The monoisotopic (exact) mass is 191 g/mol. The Morgan fingerprint density at radius 1 is 1.31 bits per heavy atom. The molecule has 2 rings (SSSR count). The van der Waals surface area contributed by atoms with Crippen molar-refractivity contribution >= 4 is 22.7 Å². The molecule has 0 spiro atoms. The molecule has 0 bridgehead atoms. The molecule has 1 aromatic heterocycles. The smallest absolute Gasteiger partial charge is 0.0454 e. The minimum Gasteiger partial charge on any atom is -0.361 e. The standard InChI is InChI=1S/C11H13NS/c1-2-7-13-10-3-4-11-9(8-10)5-6-12-11/h3-6,8,12H,2,7H2,1H3. The summed E-state index contributed by atoms with van der Waals surface area (Å²) in [5, 5.41) is 1.31. The highest BCUT2D eigenvalue weighted by molar-refractivity contribution is 7.99. The van der Waals surface area contributed by atoms with Crippen molar-refractivity contribution in [1.82, 2.24) is 4.98 Å². The highest BCUT2D eigenvalue weighted by Gasteiger charge is 1.96. The predicted octanol–water partition coefficient (Wildman–Crippen LogP) is 3.67. The average molecular weight is 191 g/mol. The van der Waals surface area contributed by atoms with Crippen LogP contribution in [0.15, 0.2) is 35.4 Å². The fraction of sp³-hybridized carbons (Fsp3) is 0.273. The van der Waals surface area contributed by atoms with Gasteiger partial charge in [0.25, 0.3) is 0 Å². The van der Waals surface area contributed by atoms with Crippen LogP contribution >= 0.6 is 11.8 Å². The van der Waals surface area contributed by atoms with Gasteiger partial charge in [0.2, 0.25) is 0 Å². The number of H-pyrrole nitrogens is 1. The van der Waals surface area contributed by atoms with Gasteiger partial charge in [-0.1, -0.05) is 6.92 Å². The van der Waals surface area contributed by atoms with E-state index in [-0.39, 0.29) is 0 Å². The third-order valence-corrected chi connectivity index (χ3v) is 3.20. The molecule has 0 aliphatic rings. The van der Waals surface area contributed by atoms with Crippen LogP contribution in [-0.2, 0) is 0 Å². The minimum atomic E-state index is 1.20. The number of aromatic nitrogens is 1. The topological polar surface area (TPSA) is 15.8 Å². The van der Waals surface area contributed by atoms with E-state index in [2.05, 4.69) is 36.2 Å². The van der Waals surface area contributed by atoms with Crippen molar-refractivity contribution in [3.8, 4) is 0 Å². The Labute approximate surface area is 82.5 Å². The Morgan fingerprint density at radius 3 is 3.08 bits per heavy atom. The lowest BCUT2D eigenvalue weighted by molar-refractivity contribution is 1.10. The molecule has 0 atom stereocenters. The fourth-order valence-electron chi connectivity index (χ4n) is 1.34. The first kappa shape index (κ1) is 8.70. The molecule has 13 heavy (non-hydrogen) atoms. The van der Waals surface area contributed by atoms with Crippen LogP contribution in [0.2, 0.25) is 0 Å². The Kier molecular flexibility index (Phi) is 2.60. The number of hydrogen-bond donors (Lipinski definition) is 1. The molecule has 0 radical (unpaired) electrons. The molecule has 0 aliphatic carbocycles. The van der Waals surface area contributed by atoms with Gasteiger partial charge >= 0.3 is 0 Å². The van der Waals surface area contributed by atoms with Crippen molar-refractivity contribution in [2.75, 3.05) is 5.75 Å². The van der Waals surface area contributed by atoms with Gasteiger partial charge in [-0.3, -0.25) is 0 Å². The summed E-state index contributed by atoms with van der Waals surface area (Å²) in [5.41, 5.74) is 1.22. The molecule has 1 aromatic carbocycles. The largest absolute Gasteiger partial charge is 0.361 e. The van der Waals surface area contributed by atoms with Crippen molar-refractivity contribution in [3.63, 3.8) is 0 Å². The molecule has 2 heteroatoms. The van der Waals surface area contributed by atoms with Crippen LogP contribution < -0.4 is 0 Å². The number of hydrogen-bond acceptors (Lipinski definition) is 1. The van der Waals surface area contributed by atoms with Crippen LogP contribution in [0, 0.1) is 0 Å². The van der Waals surface area contributed by atoms with Gasteiger partial charge in [0.05, 0.1) is 0 Å². The summed E-state index contributed by atoms with van der Waals surface area (Å²) in [6.07, 6.45) is 3.22. The maximum Gasteiger partial charge on any atom is 0.0454 e. The van der Waals surface area contributed by atoms with E-state index in [1.54, 1.807) is 0 Å². The van der Waals surface area contributed by atoms with E-state index >= 15 is 0 Å². The van der Waals surface area contributed by atoms with E-state index < -0.39 is 0 Å². The van der Waals surface area contributed by atoms with Gasteiger partial charge in [-0.05, 0) is 36.4 Å². The van der Waals surface area contributed by atoms with Gasteiger partial charge in [0, 0.05) is 22.0 Å². The summed E-state index contributed by atoms with van der Waals surface area (Å²) >= 11 is 1.92. The highest BCUT2D eigenvalue weighted by atomic mass is 32.2. The molecule has 68 valence electrons. The van der Waals surface area contributed by atoms with Crippen LogP contribution in [0.3, 0.4) is 0 Å².